The molecule has 0 radical (unpaired) electrons. The normalized spacial score (nSPS) is 14.9. The minimum Gasteiger partial charge on any atom is -0.269 e. The largest absolute Gasteiger partial charge is 0.269 e. The quantitative estimate of drug-likeness (QED) is 0.771. The first-order valence-corrected chi connectivity index (χ1v) is 7.14. The van der Waals surface area contributed by atoms with Crippen LogP contribution in [0.25, 0.3) is 0 Å². The lowest BCUT2D eigenvalue weighted by Gasteiger charge is -2.21. The van der Waals surface area contributed by atoms with Crippen LogP contribution in [0.1, 0.15) is 73.2 Å². The Hall–Kier alpha value is -0.790. The number of rotatable bonds is 3. The highest BCUT2D eigenvalue weighted by Crippen LogP contribution is 2.29. The van der Waals surface area contributed by atoms with Crippen LogP contribution in [0.15, 0.2) is 6.07 Å². The van der Waals surface area contributed by atoms with Crippen LogP contribution in [0.5, 0.6) is 0 Å². The fourth-order valence-corrected chi connectivity index (χ4v) is 1.95. The molecule has 1 rings (SSSR count). The molecule has 1 atom stereocenters. The van der Waals surface area contributed by atoms with Crippen molar-refractivity contribution in [1.82, 2.24) is 9.78 Å². The Bertz CT molecular complexity index is 388. The summed E-state index contributed by atoms with van der Waals surface area (Å²) in [7, 11) is 0. The third-order valence-corrected chi connectivity index (χ3v) is 3.50. The van der Waals surface area contributed by atoms with E-state index in [0.717, 1.165) is 6.54 Å². The lowest BCUT2D eigenvalue weighted by Crippen LogP contribution is -2.20. The molecule has 0 aliphatic rings. The molecule has 0 amide bonds. The molecular formula is C16H30N2. The Morgan fingerprint density at radius 3 is 2.06 bits per heavy atom. The maximum atomic E-state index is 4.85. The van der Waals surface area contributed by atoms with E-state index in [0.29, 0.717) is 5.92 Å². The summed E-state index contributed by atoms with van der Waals surface area (Å²) in [5.41, 5.74) is 2.84. The SMILES string of the molecule is CCC(C)Cn1nc(C(C)(C)C)cc1C(C)(C)C. The van der Waals surface area contributed by atoms with Gasteiger partial charge < -0.3 is 0 Å². The van der Waals surface area contributed by atoms with Gasteiger partial charge >= 0.3 is 0 Å². The minimum absolute atomic E-state index is 0.126. The predicted molar refractivity (Wildman–Crippen MR) is 79.1 cm³/mol. The van der Waals surface area contributed by atoms with Gasteiger partial charge in [-0.2, -0.15) is 5.10 Å². The fraction of sp³-hybridized carbons (Fsp3) is 0.812. The summed E-state index contributed by atoms with van der Waals surface area (Å²) in [5.74, 6) is 0.679. The molecule has 0 bridgehead atoms. The zero-order chi connectivity index (χ0) is 14.1. The number of hydrogen-bond donors (Lipinski definition) is 0. The molecule has 0 saturated heterocycles. The number of aromatic nitrogens is 2. The molecule has 2 nitrogen and oxygen atoms in total. The first kappa shape index (κ1) is 15.3. The maximum Gasteiger partial charge on any atom is 0.0681 e. The molecule has 2 heteroatoms. The van der Waals surface area contributed by atoms with Crippen molar-refractivity contribution in [1.29, 1.82) is 0 Å². The van der Waals surface area contributed by atoms with Crippen LogP contribution in [0.2, 0.25) is 0 Å². The van der Waals surface area contributed by atoms with Crippen LogP contribution in [-0.2, 0) is 17.4 Å². The summed E-state index contributed by atoms with van der Waals surface area (Å²) in [6.45, 7) is 19.1. The average Bonchev–Trinajstić information content (AvgIpc) is 2.60. The minimum atomic E-state index is 0.126. The summed E-state index contributed by atoms with van der Waals surface area (Å²) < 4.78 is 2.23. The number of nitrogens with zero attached hydrogens (tertiary/aromatic N) is 2. The van der Waals surface area contributed by atoms with E-state index < -0.39 is 0 Å². The molecule has 1 unspecified atom stereocenters. The van der Waals surface area contributed by atoms with Crippen LogP contribution in [-0.4, -0.2) is 9.78 Å². The Labute approximate surface area is 113 Å². The molecule has 0 aliphatic heterocycles. The van der Waals surface area contributed by atoms with E-state index in [1.165, 1.54) is 17.8 Å². The van der Waals surface area contributed by atoms with Gasteiger partial charge in [-0.15, -0.1) is 0 Å². The van der Waals surface area contributed by atoms with Crippen LogP contribution < -0.4 is 0 Å². The van der Waals surface area contributed by atoms with Gasteiger partial charge in [0.1, 0.15) is 0 Å². The van der Waals surface area contributed by atoms with E-state index in [1.54, 1.807) is 0 Å². The highest BCUT2D eigenvalue weighted by atomic mass is 15.3. The van der Waals surface area contributed by atoms with Crippen molar-refractivity contribution in [3.05, 3.63) is 17.5 Å². The standard InChI is InChI=1S/C16H30N2/c1-9-12(2)11-18-14(16(6,7)8)10-13(17-18)15(3,4)5/h10,12H,9,11H2,1-8H3. The first-order valence-electron chi connectivity index (χ1n) is 7.14. The van der Waals surface area contributed by atoms with Gasteiger partial charge in [0.25, 0.3) is 0 Å². The molecule has 0 aromatic carbocycles. The molecule has 0 spiro atoms. The number of hydrogen-bond acceptors (Lipinski definition) is 1. The van der Waals surface area contributed by atoms with E-state index in [9.17, 15) is 0 Å². The van der Waals surface area contributed by atoms with E-state index in [1.807, 2.05) is 0 Å². The monoisotopic (exact) mass is 250 g/mol. The average molecular weight is 250 g/mol. The molecule has 1 aromatic rings. The summed E-state index contributed by atoms with van der Waals surface area (Å²) in [4.78, 5) is 0. The Morgan fingerprint density at radius 2 is 1.67 bits per heavy atom. The third kappa shape index (κ3) is 3.60. The zero-order valence-corrected chi connectivity index (χ0v) is 13.5. The second kappa shape index (κ2) is 5.07. The lowest BCUT2D eigenvalue weighted by atomic mass is 9.88. The molecule has 0 saturated carbocycles. The molecule has 0 aliphatic carbocycles. The molecule has 0 fully saturated rings. The predicted octanol–water partition coefficient (Wildman–Crippen LogP) is 4.52. The first-order chi connectivity index (χ1) is 8.05. The van der Waals surface area contributed by atoms with E-state index in [-0.39, 0.29) is 10.8 Å². The molecule has 1 heterocycles. The molecule has 18 heavy (non-hydrogen) atoms. The second-order valence-corrected chi connectivity index (χ2v) is 7.61. The van der Waals surface area contributed by atoms with Gasteiger partial charge in [0.2, 0.25) is 0 Å². The lowest BCUT2D eigenvalue weighted by molar-refractivity contribution is 0.396. The van der Waals surface area contributed by atoms with E-state index >= 15 is 0 Å². The zero-order valence-electron chi connectivity index (χ0n) is 13.5. The van der Waals surface area contributed by atoms with E-state index in [4.69, 9.17) is 5.10 Å². The maximum absolute atomic E-state index is 4.85. The van der Waals surface area contributed by atoms with Gasteiger partial charge in [-0.3, -0.25) is 4.68 Å². The second-order valence-electron chi connectivity index (χ2n) is 7.61. The Kier molecular flexibility index (Phi) is 4.30. The van der Waals surface area contributed by atoms with Crippen LogP contribution in [0.4, 0.5) is 0 Å². The van der Waals surface area contributed by atoms with Gasteiger partial charge in [-0.25, -0.2) is 0 Å². The smallest absolute Gasteiger partial charge is 0.0681 e. The van der Waals surface area contributed by atoms with Gasteiger partial charge in [-0.1, -0.05) is 61.8 Å². The molecular weight excluding hydrogens is 220 g/mol. The van der Waals surface area contributed by atoms with Crippen molar-refractivity contribution >= 4 is 0 Å². The summed E-state index contributed by atoms with van der Waals surface area (Å²) in [6, 6.07) is 2.29. The molecule has 0 N–H and O–H groups in total. The van der Waals surface area contributed by atoms with Crippen molar-refractivity contribution in [3.63, 3.8) is 0 Å². The molecule has 104 valence electrons. The van der Waals surface area contributed by atoms with Gasteiger partial charge in [0.15, 0.2) is 0 Å². The Balaban J connectivity index is 3.18. The highest BCUT2D eigenvalue weighted by molar-refractivity contribution is 5.22. The summed E-state index contributed by atoms with van der Waals surface area (Å²) >= 11 is 0. The summed E-state index contributed by atoms with van der Waals surface area (Å²) in [5, 5.41) is 4.85. The van der Waals surface area contributed by atoms with Crippen molar-refractivity contribution in [2.45, 2.75) is 79.2 Å². The topological polar surface area (TPSA) is 17.8 Å². The van der Waals surface area contributed by atoms with Crippen molar-refractivity contribution in [2.24, 2.45) is 5.92 Å². The highest BCUT2D eigenvalue weighted by Gasteiger charge is 2.25. The van der Waals surface area contributed by atoms with Crippen LogP contribution in [0.3, 0.4) is 0 Å². The van der Waals surface area contributed by atoms with Crippen molar-refractivity contribution < 1.29 is 0 Å². The third-order valence-electron chi connectivity index (χ3n) is 3.50. The molecule has 1 aromatic heterocycles. The van der Waals surface area contributed by atoms with Crippen molar-refractivity contribution in [2.75, 3.05) is 0 Å². The fourth-order valence-electron chi connectivity index (χ4n) is 1.95. The van der Waals surface area contributed by atoms with Gasteiger partial charge in [0, 0.05) is 23.1 Å². The van der Waals surface area contributed by atoms with Crippen LogP contribution >= 0.6 is 0 Å². The Morgan fingerprint density at radius 1 is 1.11 bits per heavy atom. The summed E-state index contributed by atoms with van der Waals surface area (Å²) in [6.07, 6.45) is 1.20. The van der Waals surface area contributed by atoms with Crippen molar-refractivity contribution in [3.8, 4) is 0 Å². The van der Waals surface area contributed by atoms with E-state index in [2.05, 4.69) is 66.1 Å². The van der Waals surface area contributed by atoms with Gasteiger partial charge in [0.05, 0.1) is 5.69 Å². The van der Waals surface area contributed by atoms with Crippen LogP contribution in [0, 0.1) is 5.92 Å². The van der Waals surface area contributed by atoms with Gasteiger partial charge in [-0.05, 0) is 12.0 Å².